The van der Waals surface area contributed by atoms with E-state index in [0.717, 1.165) is 11.4 Å². The van der Waals surface area contributed by atoms with Gasteiger partial charge in [0.15, 0.2) is 0 Å². The average molecular weight is 194 g/mol. The van der Waals surface area contributed by atoms with Crippen LogP contribution in [0.1, 0.15) is 45.0 Å². The van der Waals surface area contributed by atoms with Crippen LogP contribution in [0.25, 0.3) is 0 Å². The molecule has 0 fully saturated rings. The molecular weight excluding hydrogens is 176 g/mol. The number of ether oxygens (including phenoxy) is 1. The summed E-state index contributed by atoms with van der Waals surface area (Å²) in [6.07, 6.45) is 3.93. The number of rotatable bonds is 4. The summed E-state index contributed by atoms with van der Waals surface area (Å²) in [5.41, 5.74) is 1.03. The summed E-state index contributed by atoms with van der Waals surface area (Å²) >= 11 is 0. The van der Waals surface area contributed by atoms with E-state index in [-0.39, 0.29) is 6.10 Å². The molecule has 0 aliphatic rings. The molecule has 0 saturated carbocycles. The standard InChI is InChI=1S/C11H18N2O/c1-8(2)11-12-5-10(6-13-11)7-14-9(3)4/h5-6,8-9H,7H2,1-4H3. The van der Waals surface area contributed by atoms with Crippen molar-refractivity contribution in [2.45, 2.75) is 46.3 Å². The number of hydrogen-bond donors (Lipinski definition) is 0. The van der Waals surface area contributed by atoms with E-state index in [0.29, 0.717) is 12.5 Å². The van der Waals surface area contributed by atoms with Gasteiger partial charge in [0.1, 0.15) is 5.82 Å². The number of nitrogens with zero attached hydrogens (tertiary/aromatic N) is 2. The predicted molar refractivity (Wildman–Crippen MR) is 56.0 cm³/mol. The fourth-order valence-corrected chi connectivity index (χ4v) is 1.00. The lowest BCUT2D eigenvalue weighted by atomic mass is 10.2. The van der Waals surface area contributed by atoms with Crippen LogP contribution >= 0.6 is 0 Å². The first-order valence-electron chi connectivity index (χ1n) is 5.02. The summed E-state index contributed by atoms with van der Waals surface area (Å²) in [5.74, 6) is 1.27. The lowest BCUT2D eigenvalue weighted by molar-refractivity contribution is 0.0653. The molecule has 0 saturated heterocycles. The lowest BCUT2D eigenvalue weighted by Crippen LogP contribution is -2.04. The molecule has 0 N–H and O–H groups in total. The molecule has 0 amide bonds. The molecule has 78 valence electrons. The zero-order chi connectivity index (χ0) is 10.6. The van der Waals surface area contributed by atoms with Crippen molar-refractivity contribution in [2.24, 2.45) is 0 Å². The molecule has 3 heteroatoms. The van der Waals surface area contributed by atoms with Crippen molar-refractivity contribution in [3.8, 4) is 0 Å². The highest BCUT2D eigenvalue weighted by Crippen LogP contribution is 2.08. The first-order chi connectivity index (χ1) is 6.59. The van der Waals surface area contributed by atoms with Crippen molar-refractivity contribution in [1.82, 2.24) is 9.97 Å². The topological polar surface area (TPSA) is 35.0 Å². The van der Waals surface area contributed by atoms with E-state index < -0.39 is 0 Å². The number of hydrogen-bond acceptors (Lipinski definition) is 3. The van der Waals surface area contributed by atoms with Gasteiger partial charge in [0.25, 0.3) is 0 Å². The van der Waals surface area contributed by atoms with E-state index in [1.54, 1.807) is 0 Å². The van der Waals surface area contributed by atoms with Crippen molar-refractivity contribution in [1.29, 1.82) is 0 Å². The van der Waals surface area contributed by atoms with Crippen molar-refractivity contribution in [3.63, 3.8) is 0 Å². The van der Waals surface area contributed by atoms with Crippen molar-refractivity contribution >= 4 is 0 Å². The Morgan fingerprint density at radius 2 is 1.71 bits per heavy atom. The fraction of sp³-hybridized carbons (Fsp3) is 0.636. The SMILES string of the molecule is CC(C)OCc1cnc(C(C)C)nc1. The highest BCUT2D eigenvalue weighted by Gasteiger charge is 2.02. The van der Waals surface area contributed by atoms with E-state index in [4.69, 9.17) is 4.74 Å². The summed E-state index contributed by atoms with van der Waals surface area (Å²) in [6.45, 7) is 8.79. The molecule has 1 heterocycles. The molecule has 1 rings (SSSR count). The molecule has 1 aromatic heterocycles. The summed E-state index contributed by atoms with van der Waals surface area (Å²) < 4.78 is 5.45. The average Bonchev–Trinajstić information content (AvgIpc) is 2.15. The highest BCUT2D eigenvalue weighted by atomic mass is 16.5. The fourth-order valence-electron chi connectivity index (χ4n) is 1.00. The maximum atomic E-state index is 5.45. The van der Waals surface area contributed by atoms with Crippen LogP contribution in [-0.4, -0.2) is 16.1 Å². The molecule has 0 atom stereocenters. The zero-order valence-electron chi connectivity index (χ0n) is 9.32. The third kappa shape index (κ3) is 3.42. The largest absolute Gasteiger partial charge is 0.374 e. The molecule has 3 nitrogen and oxygen atoms in total. The minimum atomic E-state index is 0.250. The Bertz CT molecular complexity index is 267. The van der Waals surface area contributed by atoms with Gasteiger partial charge in [-0.2, -0.15) is 0 Å². The normalized spacial score (nSPS) is 11.3. The van der Waals surface area contributed by atoms with Gasteiger partial charge in [-0.1, -0.05) is 13.8 Å². The predicted octanol–water partition coefficient (Wildman–Crippen LogP) is 2.53. The van der Waals surface area contributed by atoms with E-state index in [1.807, 2.05) is 26.2 Å². The van der Waals surface area contributed by atoms with Crippen LogP contribution in [0.3, 0.4) is 0 Å². The summed E-state index contributed by atoms with van der Waals surface area (Å²) in [5, 5.41) is 0. The molecule has 0 spiro atoms. The smallest absolute Gasteiger partial charge is 0.130 e. The second-order valence-electron chi connectivity index (χ2n) is 3.96. The quantitative estimate of drug-likeness (QED) is 0.738. The van der Waals surface area contributed by atoms with Crippen LogP contribution in [0.2, 0.25) is 0 Å². The first kappa shape index (κ1) is 11.1. The molecule has 0 aliphatic heterocycles. The Kier molecular flexibility index (Phi) is 4.01. The second kappa shape index (κ2) is 5.05. The maximum absolute atomic E-state index is 5.45. The minimum Gasteiger partial charge on any atom is -0.374 e. The van der Waals surface area contributed by atoms with Crippen LogP contribution in [0.4, 0.5) is 0 Å². The first-order valence-corrected chi connectivity index (χ1v) is 5.02. The van der Waals surface area contributed by atoms with E-state index in [2.05, 4.69) is 23.8 Å². The molecular formula is C11H18N2O. The second-order valence-corrected chi connectivity index (χ2v) is 3.96. The molecule has 0 radical (unpaired) electrons. The van der Waals surface area contributed by atoms with Gasteiger partial charge < -0.3 is 4.74 Å². The van der Waals surface area contributed by atoms with Gasteiger partial charge in [0, 0.05) is 23.9 Å². The zero-order valence-corrected chi connectivity index (χ0v) is 9.32. The molecule has 14 heavy (non-hydrogen) atoms. The van der Waals surface area contributed by atoms with Gasteiger partial charge in [-0.25, -0.2) is 9.97 Å². The Morgan fingerprint density at radius 3 is 2.14 bits per heavy atom. The van der Waals surface area contributed by atoms with E-state index in [1.165, 1.54) is 0 Å². The molecule has 1 aromatic rings. The van der Waals surface area contributed by atoms with Crippen molar-refractivity contribution in [2.75, 3.05) is 0 Å². The van der Waals surface area contributed by atoms with Crippen LogP contribution in [0, 0.1) is 0 Å². The van der Waals surface area contributed by atoms with Crippen molar-refractivity contribution < 1.29 is 4.74 Å². The summed E-state index contributed by atoms with van der Waals surface area (Å²) in [4.78, 5) is 8.53. The van der Waals surface area contributed by atoms with Gasteiger partial charge in [0.2, 0.25) is 0 Å². The van der Waals surface area contributed by atoms with Gasteiger partial charge in [-0.3, -0.25) is 0 Å². The van der Waals surface area contributed by atoms with Crippen LogP contribution < -0.4 is 0 Å². The monoisotopic (exact) mass is 194 g/mol. The Hall–Kier alpha value is -0.960. The molecule has 0 aromatic carbocycles. The van der Waals surface area contributed by atoms with Crippen LogP contribution in [0.5, 0.6) is 0 Å². The number of aromatic nitrogens is 2. The van der Waals surface area contributed by atoms with E-state index in [9.17, 15) is 0 Å². The lowest BCUT2D eigenvalue weighted by Gasteiger charge is -2.08. The van der Waals surface area contributed by atoms with Gasteiger partial charge in [0.05, 0.1) is 12.7 Å². The Labute approximate surface area is 85.5 Å². The maximum Gasteiger partial charge on any atom is 0.130 e. The summed E-state index contributed by atoms with van der Waals surface area (Å²) in [6, 6.07) is 0. The van der Waals surface area contributed by atoms with Gasteiger partial charge in [-0.05, 0) is 13.8 Å². The third-order valence-corrected chi connectivity index (χ3v) is 1.83. The van der Waals surface area contributed by atoms with Crippen LogP contribution in [0.15, 0.2) is 12.4 Å². The van der Waals surface area contributed by atoms with Crippen LogP contribution in [-0.2, 0) is 11.3 Å². The molecule has 0 aliphatic carbocycles. The molecule has 0 bridgehead atoms. The van der Waals surface area contributed by atoms with Crippen molar-refractivity contribution in [3.05, 3.63) is 23.8 Å². The van der Waals surface area contributed by atoms with Gasteiger partial charge >= 0.3 is 0 Å². The summed E-state index contributed by atoms with van der Waals surface area (Å²) in [7, 11) is 0. The molecule has 0 unspecified atom stereocenters. The minimum absolute atomic E-state index is 0.250. The van der Waals surface area contributed by atoms with E-state index >= 15 is 0 Å². The third-order valence-electron chi connectivity index (χ3n) is 1.83. The highest BCUT2D eigenvalue weighted by molar-refractivity contribution is 5.05. The Balaban J connectivity index is 2.55. The van der Waals surface area contributed by atoms with Gasteiger partial charge in [-0.15, -0.1) is 0 Å². The Morgan fingerprint density at radius 1 is 1.14 bits per heavy atom.